The molecule has 0 bridgehead atoms. The summed E-state index contributed by atoms with van der Waals surface area (Å²) in [6.45, 7) is 6.28. The Balaban J connectivity index is 3.98. The van der Waals surface area contributed by atoms with E-state index < -0.39 is 5.60 Å². The average Bonchev–Trinajstić information content (AvgIpc) is 2.23. The van der Waals surface area contributed by atoms with Crippen molar-refractivity contribution in [2.24, 2.45) is 5.92 Å². The molecule has 0 heterocycles. The maximum absolute atomic E-state index is 11.6. The van der Waals surface area contributed by atoms with Gasteiger partial charge in [0.05, 0.1) is 0 Å². The summed E-state index contributed by atoms with van der Waals surface area (Å²) in [6, 6.07) is 0. The largest absolute Gasteiger partial charge is 0.396 e. The topological polar surface area (TPSA) is 58.6 Å². The van der Waals surface area contributed by atoms with Gasteiger partial charge in [-0.1, -0.05) is 13.3 Å². The Morgan fingerprint density at radius 1 is 1.53 bits per heavy atom. The van der Waals surface area contributed by atoms with Gasteiger partial charge in [-0.05, 0) is 26.2 Å². The van der Waals surface area contributed by atoms with Crippen molar-refractivity contribution >= 4 is 5.91 Å². The second kappa shape index (κ2) is 6.80. The van der Waals surface area contributed by atoms with E-state index in [0.29, 0.717) is 12.5 Å². The molecule has 0 fully saturated rings. The molecule has 90 valence electrons. The van der Waals surface area contributed by atoms with Gasteiger partial charge in [0.15, 0.2) is 0 Å². The third-order valence-electron chi connectivity index (χ3n) is 2.72. The molecule has 0 aliphatic heterocycles. The van der Waals surface area contributed by atoms with Gasteiger partial charge in [-0.25, -0.2) is 0 Å². The summed E-state index contributed by atoms with van der Waals surface area (Å²) in [5, 5.41) is 11.6. The minimum atomic E-state index is -0.780. The predicted octanol–water partition coefficient (Wildman–Crippen LogP) is 0.936. The van der Waals surface area contributed by atoms with E-state index >= 15 is 0 Å². The second-order valence-corrected chi connectivity index (χ2v) is 4.21. The molecule has 0 spiro atoms. The molecule has 0 rings (SSSR count). The van der Waals surface area contributed by atoms with Crippen molar-refractivity contribution in [2.45, 2.75) is 39.2 Å². The molecule has 0 saturated heterocycles. The molecule has 0 aromatic heterocycles. The smallest absolute Gasteiger partial charge is 0.251 e. The lowest BCUT2D eigenvalue weighted by Crippen LogP contribution is -2.45. The third-order valence-corrected chi connectivity index (χ3v) is 2.72. The molecular formula is C11H23NO3. The van der Waals surface area contributed by atoms with Gasteiger partial charge >= 0.3 is 0 Å². The lowest BCUT2D eigenvalue weighted by Gasteiger charge is -2.23. The summed E-state index contributed by atoms with van der Waals surface area (Å²) >= 11 is 0. The number of rotatable bonds is 7. The number of ether oxygens (including phenoxy) is 1. The number of amides is 1. The van der Waals surface area contributed by atoms with Gasteiger partial charge in [0.25, 0.3) is 5.91 Å². The Kier molecular flexibility index (Phi) is 6.52. The second-order valence-electron chi connectivity index (χ2n) is 4.21. The standard InChI is InChI=1S/C11H23NO3/c1-5-9(6-7-13)8-12-10(14)11(2,3)15-4/h9,13H,5-8H2,1-4H3,(H,12,14). The fourth-order valence-electron chi connectivity index (χ4n) is 1.18. The van der Waals surface area contributed by atoms with Gasteiger partial charge in [-0.2, -0.15) is 0 Å². The van der Waals surface area contributed by atoms with E-state index in [0.717, 1.165) is 12.8 Å². The lowest BCUT2D eigenvalue weighted by molar-refractivity contribution is -0.139. The van der Waals surface area contributed by atoms with Crippen LogP contribution >= 0.6 is 0 Å². The Hall–Kier alpha value is -0.610. The van der Waals surface area contributed by atoms with Crippen LogP contribution in [0, 0.1) is 5.92 Å². The van der Waals surface area contributed by atoms with Gasteiger partial charge in [0.1, 0.15) is 5.60 Å². The van der Waals surface area contributed by atoms with Crippen LogP contribution in [-0.2, 0) is 9.53 Å². The molecule has 1 atom stereocenters. The van der Waals surface area contributed by atoms with Crippen LogP contribution in [0.2, 0.25) is 0 Å². The first-order valence-corrected chi connectivity index (χ1v) is 5.42. The van der Waals surface area contributed by atoms with Gasteiger partial charge < -0.3 is 15.2 Å². The number of nitrogens with one attached hydrogen (secondary N) is 1. The van der Waals surface area contributed by atoms with E-state index in [1.807, 2.05) is 6.92 Å². The molecule has 15 heavy (non-hydrogen) atoms. The quantitative estimate of drug-likeness (QED) is 0.667. The number of hydrogen-bond acceptors (Lipinski definition) is 3. The highest BCUT2D eigenvalue weighted by Gasteiger charge is 2.26. The van der Waals surface area contributed by atoms with Crippen molar-refractivity contribution in [1.82, 2.24) is 5.32 Å². The van der Waals surface area contributed by atoms with E-state index in [9.17, 15) is 4.79 Å². The van der Waals surface area contributed by atoms with Gasteiger partial charge in [-0.3, -0.25) is 4.79 Å². The Morgan fingerprint density at radius 3 is 2.53 bits per heavy atom. The van der Waals surface area contributed by atoms with Crippen LogP contribution in [0.15, 0.2) is 0 Å². The monoisotopic (exact) mass is 217 g/mol. The van der Waals surface area contributed by atoms with E-state index in [2.05, 4.69) is 5.32 Å². The SMILES string of the molecule is CCC(CCO)CNC(=O)C(C)(C)OC. The fourth-order valence-corrected chi connectivity index (χ4v) is 1.18. The highest BCUT2D eigenvalue weighted by molar-refractivity contribution is 5.84. The Labute approximate surface area is 92.0 Å². The summed E-state index contributed by atoms with van der Waals surface area (Å²) in [6.07, 6.45) is 1.68. The first-order valence-electron chi connectivity index (χ1n) is 5.42. The zero-order chi connectivity index (χ0) is 11.9. The first-order chi connectivity index (χ1) is 6.97. The molecule has 1 unspecified atom stereocenters. The highest BCUT2D eigenvalue weighted by atomic mass is 16.5. The van der Waals surface area contributed by atoms with Gasteiger partial charge in [0.2, 0.25) is 0 Å². The maximum atomic E-state index is 11.6. The van der Waals surface area contributed by atoms with E-state index in [-0.39, 0.29) is 12.5 Å². The van der Waals surface area contributed by atoms with Crippen molar-refractivity contribution in [2.75, 3.05) is 20.3 Å². The molecule has 1 amide bonds. The number of hydrogen-bond donors (Lipinski definition) is 2. The van der Waals surface area contributed by atoms with Crippen molar-refractivity contribution in [3.05, 3.63) is 0 Å². The minimum absolute atomic E-state index is 0.110. The summed E-state index contributed by atoms with van der Waals surface area (Å²) in [5.41, 5.74) is -0.780. The molecule has 0 aromatic rings. The van der Waals surface area contributed by atoms with Gasteiger partial charge in [0, 0.05) is 20.3 Å². The summed E-state index contributed by atoms with van der Waals surface area (Å²) < 4.78 is 5.06. The van der Waals surface area contributed by atoms with Crippen LogP contribution in [0.5, 0.6) is 0 Å². The predicted molar refractivity (Wildman–Crippen MR) is 59.6 cm³/mol. The summed E-state index contributed by atoms with van der Waals surface area (Å²) in [7, 11) is 1.52. The number of aliphatic hydroxyl groups excluding tert-OH is 1. The van der Waals surface area contributed by atoms with E-state index in [1.165, 1.54) is 7.11 Å². The Morgan fingerprint density at radius 2 is 2.13 bits per heavy atom. The number of carbonyl (C=O) groups excluding carboxylic acids is 1. The fraction of sp³-hybridized carbons (Fsp3) is 0.909. The molecule has 0 radical (unpaired) electrons. The molecule has 0 saturated carbocycles. The minimum Gasteiger partial charge on any atom is -0.396 e. The van der Waals surface area contributed by atoms with Crippen LogP contribution in [0.4, 0.5) is 0 Å². The van der Waals surface area contributed by atoms with Gasteiger partial charge in [-0.15, -0.1) is 0 Å². The highest BCUT2D eigenvalue weighted by Crippen LogP contribution is 2.09. The van der Waals surface area contributed by atoms with E-state index in [4.69, 9.17) is 9.84 Å². The van der Waals surface area contributed by atoms with Crippen molar-refractivity contribution in [3.8, 4) is 0 Å². The number of methoxy groups -OCH3 is 1. The van der Waals surface area contributed by atoms with Crippen molar-refractivity contribution < 1.29 is 14.6 Å². The molecule has 0 aromatic carbocycles. The zero-order valence-corrected chi connectivity index (χ0v) is 10.2. The first kappa shape index (κ1) is 14.4. The summed E-state index contributed by atoms with van der Waals surface area (Å²) in [4.78, 5) is 11.6. The molecule has 4 heteroatoms. The van der Waals surface area contributed by atoms with Crippen LogP contribution in [-0.4, -0.2) is 36.9 Å². The summed E-state index contributed by atoms with van der Waals surface area (Å²) in [5.74, 6) is 0.230. The lowest BCUT2D eigenvalue weighted by atomic mass is 10.0. The molecular weight excluding hydrogens is 194 g/mol. The number of carbonyl (C=O) groups is 1. The zero-order valence-electron chi connectivity index (χ0n) is 10.2. The normalized spacial score (nSPS) is 13.7. The molecule has 4 nitrogen and oxygen atoms in total. The van der Waals surface area contributed by atoms with Crippen LogP contribution in [0.25, 0.3) is 0 Å². The van der Waals surface area contributed by atoms with E-state index in [1.54, 1.807) is 13.8 Å². The van der Waals surface area contributed by atoms with Crippen LogP contribution < -0.4 is 5.32 Å². The van der Waals surface area contributed by atoms with Crippen LogP contribution in [0.1, 0.15) is 33.6 Å². The van der Waals surface area contributed by atoms with Crippen LogP contribution in [0.3, 0.4) is 0 Å². The average molecular weight is 217 g/mol. The Bertz CT molecular complexity index is 192. The molecule has 0 aliphatic carbocycles. The molecule has 2 N–H and O–H groups in total. The van der Waals surface area contributed by atoms with Crippen molar-refractivity contribution in [1.29, 1.82) is 0 Å². The molecule has 0 aliphatic rings. The number of aliphatic hydroxyl groups is 1. The van der Waals surface area contributed by atoms with Crippen molar-refractivity contribution in [3.63, 3.8) is 0 Å². The maximum Gasteiger partial charge on any atom is 0.251 e. The third kappa shape index (κ3) is 5.14.